The van der Waals surface area contributed by atoms with Gasteiger partial charge in [-0.2, -0.15) is 0 Å². The van der Waals surface area contributed by atoms with Crippen molar-refractivity contribution in [1.29, 1.82) is 0 Å². The topological polar surface area (TPSA) is 55.1 Å². The first kappa shape index (κ1) is 10.9. The first-order valence-corrected chi connectivity index (χ1v) is 5.44. The Balaban J connectivity index is 2.21. The molecular formula is C11H9BrN2O2. The van der Waals surface area contributed by atoms with Gasteiger partial charge in [0.1, 0.15) is 10.4 Å². The van der Waals surface area contributed by atoms with Gasteiger partial charge in [0, 0.05) is 6.20 Å². The summed E-state index contributed by atoms with van der Waals surface area (Å²) in [4.78, 5) is 15.8. The SMILES string of the molecule is Cc1occc1C(=O)Nc1cccnc1Br. The summed E-state index contributed by atoms with van der Waals surface area (Å²) in [6.07, 6.45) is 3.13. The molecule has 0 aromatic carbocycles. The van der Waals surface area contributed by atoms with Gasteiger partial charge in [-0.15, -0.1) is 0 Å². The molecule has 0 aliphatic carbocycles. The van der Waals surface area contributed by atoms with Crippen molar-refractivity contribution in [2.75, 3.05) is 5.32 Å². The summed E-state index contributed by atoms with van der Waals surface area (Å²) in [5.74, 6) is 0.387. The summed E-state index contributed by atoms with van der Waals surface area (Å²) in [6.45, 7) is 1.74. The number of amides is 1. The van der Waals surface area contributed by atoms with Gasteiger partial charge < -0.3 is 9.73 Å². The third kappa shape index (κ3) is 2.14. The average Bonchev–Trinajstić information content (AvgIpc) is 2.68. The molecule has 0 bridgehead atoms. The van der Waals surface area contributed by atoms with Crippen molar-refractivity contribution < 1.29 is 9.21 Å². The molecule has 0 radical (unpaired) electrons. The second kappa shape index (κ2) is 4.49. The van der Waals surface area contributed by atoms with Gasteiger partial charge >= 0.3 is 0 Å². The lowest BCUT2D eigenvalue weighted by atomic mass is 10.2. The lowest BCUT2D eigenvalue weighted by Gasteiger charge is -2.05. The zero-order valence-electron chi connectivity index (χ0n) is 8.53. The van der Waals surface area contributed by atoms with Crippen LogP contribution in [0.3, 0.4) is 0 Å². The maximum atomic E-state index is 11.8. The van der Waals surface area contributed by atoms with E-state index in [1.807, 2.05) is 0 Å². The Morgan fingerprint density at radius 2 is 2.31 bits per heavy atom. The van der Waals surface area contributed by atoms with E-state index in [9.17, 15) is 4.79 Å². The summed E-state index contributed by atoms with van der Waals surface area (Å²) in [5.41, 5.74) is 1.16. The molecule has 16 heavy (non-hydrogen) atoms. The minimum absolute atomic E-state index is 0.208. The molecule has 0 aliphatic rings. The molecule has 0 saturated heterocycles. The third-order valence-electron chi connectivity index (χ3n) is 2.11. The highest BCUT2D eigenvalue weighted by Crippen LogP contribution is 2.20. The van der Waals surface area contributed by atoms with Gasteiger partial charge in [-0.05, 0) is 41.1 Å². The molecule has 0 unspecified atom stereocenters. The quantitative estimate of drug-likeness (QED) is 0.861. The van der Waals surface area contributed by atoms with Crippen LogP contribution < -0.4 is 5.32 Å². The van der Waals surface area contributed by atoms with Crippen LogP contribution in [0.4, 0.5) is 5.69 Å². The van der Waals surface area contributed by atoms with Crippen LogP contribution in [-0.4, -0.2) is 10.9 Å². The smallest absolute Gasteiger partial charge is 0.259 e. The third-order valence-corrected chi connectivity index (χ3v) is 2.74. The molecule has 0 spiro atoms. The fourth-order valence-corrected chi connectivity index (χ4v) is 1.64. The highest BCUT2D eigenvalue weighted by molar-refractivity contribution is 9.10. The van der Waals surface area contributed by atoms with E-state index in [2.05, 4.69) is 26.2 Å². The number of pyridine rings is 1. The molecule has 2 heterocycles. The predicted octanol–water partition coefficient (Wildman–Crippen LogP) is 3.00. The highest BCUT2D eigenvalue weighted by Gasteiger charge is 2.12. The second-order valence-electron chi connectivity index (χ2n) is 3.19. The van der Waals surface area contributed by atoms with Gasteiger partial charge in [-0.25, -0.2) is 4.98 Å². The van der Waals surface area contributed by atoms with E-state index >= 15 is 0 Å². The van der Waals surface area contributed by atoms with Crippen molar-refractivity contribution in [3.8, 4) is 0 Å². The number of nitrogens with zero attached hydrogens (tertiary/aromatic N) is 1. The van der Waals surface area contributed by atoms with E-state index in [1.54, 1.807) is 31.3 Å². The molecule has 0 aliphatic heterocycles. The molecule has 0 atom stereocenters. The largest absolute Gasteiger partial charge is 0.469 e. The number of nitrogens with one attached hydrogen (secondary N) is 1. The van der Waals surface area contributed by atoms with Crippen LogP contribution in [-0.2, 0) is 0 Å². The number of aryl methyl sites for hydroxylation is 1. The van der Waals surface area contributed by atoms with Gasteiger partial charge in [0.05, 0.1) is 17.5 Å². The van der Waals surface area contributed by atoms with Gasteiger partial charge in [-0.3, -0.25) is 4.79 Å². The Bertz CT molecular complexity index is 522. The zero-order valence-corrected chi connectivity index (χ0v) is 10.1. The Kier molecular flexibility index (Phi) is 3.05. The molecule has 1 amide bonds. The van der Waals surface area contributed by atoms with Crippen LogP contribution in [0, 0.1) is 6.92 Å². The first-order valence-electron chi connectivity index (χ1n) is 4.64. The van der Waals surface area contributed by atoms with Crippen LogP contribution in [0.2, 0.25) is 0 Å². The van der Waals surface area contributed by atoms with Crippen molar-refractivity contribution in [2.24, 2.45) is 0 Å². The van der Waals surface area contributed by atoms with Crippen molar-refractivity contribution in [3.63, 3.8) is 0 Å². The van der Waals surface area contributed by atoms with Crippen molar-refractivity contribution >= 4 is 27.5 Å². The number of hydrogen-bond acceptors (Lipinski definition) is 3. The fraction of sp³-hybridized carbons (Fsp3) is 0.0909. The molecule has 1 N–H and O–H groups in total. The Labute approximate surface area is 101 Å². The number of aromatic nitrogens is 1. The number of rotatable bonds is 2. The molecule has 2 rings (SSSR count). The monoisotopic (exact) mass is 280 g/mol. The Morgan fingerprint density at radius 3 is 2.94 bits per heavy atom. The standard InChI is InChI=1S/C11H9BrN2O2/c1-7-8(4-6-16-7)11(15)14-9-3-2-5-13-10(9)12/h2-6H,1H3,(H,14,15). The molecule has 82 valence electrons. The summed E-state index contributed by atoms with van der Waals surface area (Å²) in [7, 11) is 0. The van der Waals surface area contributed by atoms with E-state index < -0.39 is 0 Å². The minimum atomic E-state index is -0.208. The maximum Gasteiger partial charge on any atom is 0.259 e. The van der Waals surface area contributed by atoms with Crippen LogP contribution >= 0.6 is 15.9 Å². The minimum Gasteiger partial charge on any atom is -0.469 e. The molecule has 0 fully saturated rings. The first-order chi connectivity index (χ1) is 7.68. The molecular weight excluding hydrogens is 272 g/mol. The van der Waals surface area contributed by atoms with Gasteiger partial charge in [-0.1, -0.05) is 0 Å². The Hall–Kier alpha value is -1.62. The summed E-state index contributed by atoms with van der Waals surface area (Å²) in [6, 6.07) is 5.15. The average molecular weight is 281 g/mol. The summed E-state index contributed by atoms with van der Waals surface area (Å²) < 4.78 is 5.67. The molecule has 0 saturated carbocycles. The van der Waals surface area contributed by atoms with Crippen LogP contribution in [0.1, 0.15) is 16.1 Å². The van der Waals surface area contributed by atoms with Gasteiger partial charge in [0.2, 0.25) is 0 Å². The van der Waals surface area contributed by atoms with E-state index in [0.29, 0.717) is 21.6 Å². The fourth-order valence-electron chi connectivity index (χ4n) is 1.29. The number of furan rings is 1. The number of carbonyl (C=O) groups is 1. The molecule has 5 heteroatoms. The number of halogens is 1. The normalized spacial score (nSPS) is 10.1. The van der Waals surface area contributed by atoms with Crippen LogP contribution in [0.25, 0.3) is 0 Å². The number of hydrogen-bond donors (Lipinski definition) is 1. The zero-order chi connectivity index (χ0) is 11.5. The van der Waals surface area contributed by atoms with E-state index in [4.69, 9.17) is 4.42 Å². The Morgan fingerprint density at radius 1 is 1.50 bits per heavy atom. The van der Waals surface area contributed by atoms with Gasteiger partial charge in [0.25, 0.3) is 5.91 Å². The lowest BCUT2D eigenvalue weighted by molar-refractivity contribution is 0.102. The predicted molar refractivity (Wildman–Crippen MR) is 63.3 cm³/mol. The molecule has 2 aromatic heterocycles. The molecule has 4 nitrogen and oxygen atoms in total. The lowest BCUT2D eigenvalue weighted by Crippen LogP contribution is -2.12. The number of carbonyl (C=O) groups excluding carboxylic acids is 1. The second-order valence-corrected chi connectivity index (χ2v) is 3.94. The summed E-state index contributed by atoms with van der Waals surface area (Å²) >= 11 is 3.26. The van der Waals surface area contributed by atoms with Gasteiger partial charge in [0.15, 0.2) is 0 Å². The maximum absolute atomic E-state index is 11.8. The number of anilines is 1. The molecule has 2 aromatic rings. The van der Waals surface area contributed by atoms with Crippen molar-refractivity contribution in [1.82, 2.24) is 4.98 Å². The van der Waals surface area contributed by atoms with E-state index in [-0.39, 0.29) is 5.91 Å². The van der Waals surface area contributed by atoms with E-state index in [1.165, 1.54) is 6.26 Å². The van der Waals surface area contributed by atoms with Crippen molar-refractivity contribution in [2.45, 2.75) is 6.92 Å². The van der Waals surface area contributed by atoms with Crippen LogP contribution in [0.15, 0.2) is 39.7 Å². The van der Waals surface area contributed by atoms with E-state index in [0.717, 1.165) is 0 Å². The van der Waals surface area contributed by atoms with Crippen LogP contribution in [0.5, 0.6) is 0 Å². The highest BCUT2D eigenvalue weighted by atomic mass is 79.9. The van der Waals surface area contributed by atoms with Crippen molar-refractivity contribution in [3.05, 3.63) is 46.6 Å². The summed E-state index contributed by atoms with van der Waals surface area (Å²) in [5, 5.41) is 2.75.